The molecule has 0 spiro atoms. The summed E-state index contributed by atoms with van der Waals surface area (Å²) in [5.74, 6) is 1.14. The molecule has 0 atom stereocenters. The Labute approximate surface area is 148 Å². The van der Waals surface area contributed by atoms with Gasteiger partial charge in [0.1, 0.15) is 5.75 Å². The van der Waals surface area contributed by atoms with E-state index in [2.05, 4.69) is 4.90 Å². The second kappa shape index (κ2) is 8.97. The first-order chi connectivity index (χ1) is 12.2. The third-order valence-corrected chi connectivity index (χ3v) is 4.66. The van der Waals surface area contributed by atoms with E-state index in [9.17, 15) is 9.59 Å². The van der Waals surface area contributed by atoms with Crippen LogP contribution in [0.5, 0.6) is 5.75 Å². The summed E-state index contributed by atoms with van der Waals surface area (Å²) >= 11 is 0. The van der Waals surface area contributed by atoms with Crippen LogP contribution >= 0.6 is 0 Å². The van der Waals surface area contributed by atoms with Gasteiger partial charge in [0, 0.05) is 38.2 Å². The Morgan fingerprint density at radius 1 is 1.12 bits per heavy atom. The molecule has 2 aliphatic heterocycles. The van der Waals surface area contributed by atoms with E-state index in [0.717, 1.165) is 44.8 Å². The lowest BCUT2D eigenvalue weighted by atomic mass is 10.1. The maximum atomic E-state index is 12.3. The first kappa shape index (κ1) is 17.9. The Balaban J connectivity index is 1.39. The van der Waals surface area contributed by atoms with Gasteiger partial charge in [0.25, 0.3) is 0 Å². The molecule has 0 saturated carbocycles. The van der Waals surface area contributed by atoms with Crippen molar-refractivity contribution >= 4 is 11.7 Å². The molecule has 0 radical (unpaired) electrons. The molecule has 6 nitrogen and oxygen atoms in total. The molecule has 1 aromatic rings. The van der Waals surface area contributed by atoms with Crippen LogP contribution in [-0.2, 0) is 9.53 Å². The van der Waals surface area contributed by atoms with Crippen LogP contribution in [0, 0.1) is 0 Å². The van der Waals surface area contributed by atoms with E-state index in [0.29, 0.717) is 38.3 Å². The maximum absolute atomic E-state index is 12.3. The first-order valence-electron chi connectivity index (χ1n) is 9.06. The van der Waals surface area contributed by atoms with E-state index in [1.165, 1.54) is 0 Å². The second-order valence-corrected chi connectivity index (χ2v) is 6.52. The van der Waals surface area contributed by atoms with Crippen LogP contribution in [0.25, 0.3) is 0 Å². The molecular formula is C19H26N2O4. The monoisotopic (exact) mass is 346 g/mol. The molecule has 2 fully saturated rings. The average Bonchev–Trinajstić information content (AvgIpc) is 3.05. The summed E-state index contributed by atoms with van der Waals surface area (Å²) < 4.78 is 11.0. The van der Waals surface area contributed by atoms with Gasteiger partial charge in [0.2, 0.25) is 5.91 Å². The quantitative estimate of drug-likeness (QED) is 0.528. The van der Waals surface area contributed by atoms with Gasteiger partial charge in [-0.2, -0.15) is 0 Å². The fourth-order valence-electron chi connectivity index (χ4n) is 3.18. The number of carbonyl (C=O) groups is 2. The molecule has 0 N–H and O–H groups in total. The third kappa shape index (κ3) is 5.28. The van der Waals surface area contributed by atoms with Crippen molar-refractivity contribution in [2.45, 2.75) is 19.3 Å². The number of nitrogens with zero attached hydrogens (tertiary/aromatic N) is 2. The molecule has 0 aromatic heterocycles. The van der Waals surface area contributed by atoms with Crippen LogP contribution in [0.1, 0.15) is 29.6 Å². The van der Waals surface area contributed by atoms with Gasteiger partial charge in [-0.1, -0.05) is 0 Å². The number of likely N-dealkylation sites (tertiary alicyclic amines) is 1. The summed E-state index contributed by atoms with van der Waals surface area (Å²) in [5.41, 5.74) is 0.710. The number of morpholine rings is 1. The molecule has 0 bridgehead atoms. The Bertz CT molecular complexity index is 582. The lowest BCUT2D eigenvalue weighted by Crippen LogP contribution is -2.39. The van der Waals surface area contributed by atoms with Crippen molar-refractivity contribution < 1.29 is 19.1 Å². The first-order valence-corrected chi connectivity index (χ1v) is 9.06. The van der Waals surface area contributed by atoms with Gasteiger partial charge < -0.3 is 14.4 Å². The number of ketones is 1. The Morgan fingerprint density at radius 3 is 2.56 bits per heavy atom. The molecule has 3 rings (SSSR count). The molecular weight excluding hydrogens is 320 g/mol. The zero-order chi connectivity index (χ0) is 17.5. The van der Waals surface area contributed by atoms with E-state index in [4.69, 9.17) is 9.47 Å². The van der Waals surface area contributed by atoms with Crippen LogP contribution in [0.4, 0.5) is 0 Å². The molecule has 2 heterocycles. The maximum Gasteiger partial charge on any atom is 0.222 e. The minimum absolute atomic E-state index is 0.126. The molecule has 2 saturated heterocycles. The normalized spacial score (nSPS) is 18.6. The molecule has 0 aliphatic carbocycles. The summed E-state index contributed by atoms with van der Waals surface area (Å²) in [6.45, 7) is 5.66. The third-order valence-electron chi connectivity index (χ3n) is 4.66. The van der Waals surface area contributed by atoms with Gasteiger partial charge in [-0.05, 0) is 37.1 Å². The average molecular weight is 346 g/mol. The summed E-state index contributed by atoms with van der Waals surface area (Å²) in [5, 5.41) is 0. The fourth-order valence-corrected chi connectivity index (χ4v) is 3.18. The van der Waals surface area contributed by atoms with Crippen molar-refractivity contribution in [3.8, 4) is 5.75 Å². The lowest BCUT2D eigenvalue weighted by Gasteiger charge is -2.25. The van der Waals surface area contributed by atoms with Gasteiger partial charge in [0.15, 0.2) is 5.78 Å². The van der Waals surface area contributed by atoms with E-state index in [1.807, 2.05) is 29.2 Å². The van der Waals surface area contributed by atoms with Crippen molar-refractivity contribution in [2.24, 2.45) is 0 Å². The Morgan fingerprint density at radius 2 is 1.88 bits per heavy atom. The molecule has 1 amide bonds. The van der Waals surface area contributed by atoms with Crippen molar-refractivity contribution in [2.75, 3.05) is 52.5 Å². The highest BCUT2D eigenvalue weighted by Gasteiger charge is 2.19. The highest BCUT2D eigenvalue weighted by Crippen LogP contribution is 2.14. The largest absolute Gasteiger partial charge is 0.494 e. The Hall–Kier alpha value is -1.92. The van der Waals surface area contributed by atoms with E-state index in [1.54, 1.807) is 0 Å². The van der Waals surface area contributed by atoms with Crippen molar-refractivity contribution in [3.63, 3.8) is 0 Å². The molecule has 25 heavy (non-hydrogen) atoms. The summed E-state index contributed by atoms with van der Waals surface area (Å²) in [6.07, 6.45) is 2.48. The molecule has 0 unspecified atom stereocenters. The van der Waals surface area contributed by atoms with Crippen molar-refractivity contribution in [3.05, 3.63) is 29.8 Å². The number of amides is 1. The minimum atomic E-state index is 0.126. The number of ether oxygens (including phenoxy) is 2. The van der Waals surface area contributed by atoms with Crippen LogP contribution in [0.3, 0.4) is 0 Å². The molecule has 1 aromatic carbocycles. The number of hydrogen-bond acceptors (Lipinski definition) is 5. The minimum Gasteiger partial charge on any atom is -0.494 e. The van der Waals surface area contributed by atoms with Crippen LogP contribution < -0.4 is 4.74 Å². The number of carbonyl (C=O) groups excluding carboxylic acids is 2. The molecule has 6 heteroatoms. The fraction of sp³-hybridized carbons (Fsp3) is 0.579. The zero-order valence-corrected chi connectivity index (χ0v) is 14.6. The topological polar surface area (TPSA) is 59.1 Å². The predicted molar refractivity (Wildman–Crippen MR) is 94.0 cm³/mol. The van der Waals surface area contributed by atoms with Crippen LogP contribution in [0.2, 0.25) is 0 Å². The zero-order valence-electron chi connectivity index (χ0n) is 14.6. The predicted octanol–water partition coefficient (Wildman–Crippen LogP) is 1.59. The van der Waals surface area contributed by atoms with Gasteiger partial charge in [-0.3, -0.25) is 14.5 Å². The Kier molecular flexibility index (Phi) is 6.42. The summed E-state index contributed by atoms with van der Waals surface area (Å²) in [4.78, 5) is 27.8. The van der Waals surface area contributed by atoms with Gasteiger partial charge >= 0.3 is 0 Å². The SMILES string of the molecule is O=C(CN1CCOCC1)c1ccc(OCCCN2CCCC2=O)cc1. The second-order valence-electron chi connectivity index (χ2n) is 6.52. The molecule has 136 valence electrons. The van der Waals surface area contributed by atoms with Gasteiger partial charge in [-0.15, -0.1) is 0 Å². The smallest absolute Gasteiger partial charge is 0.222 e. The van der Waals surface area contributed by atoms with Gasteiger partial charge in [-0.25, -0.2) is 0 Å². The van der Waals surface area contributed by atoms with Crippen LogP contribution in [-0.4, -0.2) is 74.0 Å². The lowest BCUT2D eigenvalue weighted by molar-refractivity contribution is -0.127. The van der Waals surface area contributed by atoms with E-state index < -0.39 is 0 Å². The van der Waals surface area contributed by atoms with E-state index >= 15 is 0 Å². The molecule has 2 aliphatic rings. The van der Waals surface area contributed by atoms with Crippen LogP contribution in [0.15, 0.2) is 24.3 Å². The number of Topliss-reactive ketones (excluding diaryl/α,β-unsaturated/α-hetero) is 1. The number of rotatable bonds is 8. The highest BCUT2D eigenvalue weighted by atomic mass is 16.5. The number of hydrogen-bond donors (Lipinski definition) is 0. The van der Waals surface area contributed by atoms with Crippen molar-refractivity contribution in [1.29, 1.82) is 0 Å². The highest BCUT2D eigenvalue weighted by molar-refractivity contribution is 5.97. The van der Waals surface area contributed by atoms with Crippen molar-refractivity contribution in [1.82, 2.24) is 9.80 Å². The number of benzene rings is 1. The van der Waals surface area contributed by atoms with E-state index in [-0.39, 0.29) is 11.7 Å². The summed E-state index contributed by atoms with van der Waals surface area (Å²) in [6, 6.07) is 7.32. The van der Waals surface area contributed by atoms with Gasteiger partial charge in [0.05, 0.1) is 26.4 Å². The standard InChI is InChI=1S/C19H26N2O4/c22-18(15-20-10-13-24-14-11-20)16-4-6-17(7-5-16)25-12-2-9-21-8-1-3-19(21)23/h4-7H,1-3,8-15H2. The summed E-state index contributed by atoms with van der Waals surface area (Å²) in [7, 11) is 0.